The number of hydrogen-bond donors (Lipinski definition) is 0. The van der Waals surface area contributed by atoms with E-state index in [0.717, 1.165) is 24.0 Å². The number of rotatable bonds is 11. The number of likely N-dealkylation sites (tertiary alicyclic amines) is 4. The van der Waals surface area contributed by atoms with E-state index in [1.54, 1.807) is 0 Å². The zero-order valence-electron chi connectivity index (χ0n) is 29.1. The minimum absolute atomic E-state index is 0.522. The lowest BCUT2D eigenvalue weighted by atomic mass is 9.70. The Labute approximate surface area is 261 Å². The van der Waals surface area contributed by atoms with Gasteiger partial charge in [0.1, 0.15) is 0 Å². The quantitative estimate of drug-likeness (QED) is 0.330. The van der Waals surface area contributed by atoms with Gasteiger partial charge in [0.15, 0.2) is 0 Å². The largest absolute Gasteiger partial charge is 0.302 e. The molecule has 6 heteroatoms. The van der Waals surface area contributed by atoms with Crippen LogP contribution < -0.4 is 0 Å². The van der Waals surface area contributed by atoms with Gasteiger partial charge >= 0.3 is 0 Å². The first-order chi connectivity index (χ1) is 20.0. The molecule has 0 aromatic rings. The van der Waals surface area contributed by atoms with E-state index in [4.69, 9.17) is 0 Å². The second kappa shape index (κ2) is 14.5. The predicted octanol–water partition coefficient (Wildman–Crippen LogP) is 5.19. The Morgan fingerprint density at radius 2 is 1.14 bits per heavy atom. The van der Waals surface area contributed by atoms with Gasteiger partial charge in [-0.05, 0) is 142 Å². The van der Waals surface area contributed by atoms with E-state index < -0.39 is 0 Å². The van der Waals surface area contributed by atoms with Crippen molar-refractivity contribution in [2.75, 3.05) is 91.6 Å². The average molecular weight is 587 g/mol. The minimum Gasteiger partial charge on any atom is -0.302 e. The molecule has 5 rings (SSSR count). The van der Waals surface area contributed by atoms with Gasteiger partial charge in [-0.3, -0.25) is 4.90 Å². The molecule has 0 bridgehead atoms. The van der Waals surface area contributed by atoms with E-state index in [1.807, 2.05) is 0 Å². The average Bonchev–Trinajstić information content (AvgIpc) is 2.96. The second-order valence-electron chi connectivity index (χ2n) is 16.8. The zero-order valence-corrected chi connectivity index (χ0v) is 29.1. The monoisotopic (exact) mass is 587 g/mol. The molecule has 5 fully saturated rings. The molecule has 5 aliphatic rings. The summed E-state index contributed by atoms with van der Waals surface area (Å²) in [6.45, 7) is 35.4. The summed E-state index contributed by atoms with van der Waals surface area (Å²) in [5, 5.41) is 0. The molecule has 0 aromatic heterocycles. The Kier molecular flexibility index (Phi) is 11.4. The molecule has 5 saturated heterocycles. The summed E-state index contributed by atoms with van der Waals surface area (Å²) in [7, 11) is 0. The molecule has 244 valence electrons. The summed E-state index contributed by atoms with van der Waals surface area (Å²) < 4.78 is 0. The van der Waals surface area contributed by atoms with Gasteiger partial charge in [0.25, 0.3) is 0 Å². The maximum atomic E-state index is 2.85. The number of piperazine rings is 1. The van der Waals surface area contributed by atoms with Crippen LogP contribution in [0.3, 0.4) is 0 Å². The lowest BCUT2D eigenvalue weighted by Crippen LogP contribution is -2.62. The maximum Gasteiger partial charge on any atom is 0.0113 e. The Balaban J connectivity index is 0.966. The second-order valence-corrected chi connectivity index (χ2v) is 16.8. The van der Waals surface area contributed by atoms with Gasteiger partial charge in [-0.1, -0.05) is 6.92 Å². The molecule has 0 aromatic carbocycles. The first-order valence-corrected chi connectivity index (χ1v) is 18.4. The Hall–Kier alpha value is -0.240. The van der Waals surface area contributed by atoms with Crippen molar-refractivity contribution >= 4 is 0 Å². The van der Waals surface area contributed by atoms with Gasteiger partial charge in [0.2, 0.25) is 0 Å². The number of piperidine rings is 3. The van der Waals surface area contributed by atoms with Crippen LogP contribution in [0.25, 0.3) is 0 Å². The Morgan fingerprint density at radius 1 is 0.595 bits per heavy atom. The van der Waals surface area contributed by atoms with Crippen molar-refractivity contribution in [2.24, 2.45) is 16.7 Å². The van der Waals surface area contributed by atoms with E-state index in [9.17, 15) is 0 Å². The smallest absolute Gasteiger partial charge is 0.0113 e. The van der Waals surface area contributed by atoms with Crippen molar-refractivity contribution in [3.63, 3.8) is 0 Å². The van der Waals surface area contributed by atoms with E-state index in [-0.39, 0.29) is 0 Å². The van der Waals surface area contributed by atoms with E-state index in [1.165, 1.54) is 143 Å². The van der Waals surface area contributed by atoms with Gasteiger partial charge in [0, 0.05) is 83.1 Å². The molecule has 42 heavy (non-hydrogen) atoms. The molecular weight excluding hydrogens is 516 g/mol. The van der Waals surface area contributed by atoms with Crippen molar-refractivity contribution < 1.29 is 0 Å². The highest BCUT2D eigenvalue weighted by Gasteiger charge is 2.47. The van der Waals surface area contributed by atoms with Crippen LogP contribution in [0.2, 0.25) is 0 Å². The third kappa shape index (κ3) is 8.51. The van der Waals surface area contributed by atoms with Gasteiger partial charge < -0.3 is 24.5 Å². The fourth-order valence-corrected chi connectivity index (χ4v) is 9.37. The highest BCUT2D eigenvalue weighted by atomic mass is 15.3. The molecule has 3 atom stereocenters. The van der Waals surface area contributed by atoms with Crippen molar-refractivity contribution in [1.29, 1.82) is 0 Å². The molecule has 3 unspecified atom stereocenters. The minimum atomic E-state index is 0.522. The third-order valence-corrected chi connectivity index (χ3v) is 12.8. The van der Waals surface area contributed by atoms with Crippen LogP contribution in [0, 0.1) is 16.7 Å². The van der Waals surface area contributed by atoms with Crippen LogP contribution in [-0.4, -0.2) is 145 Å². The lowest BCUT2D eigenvalue weighted by Gasteiger charge is -2.57. The van der Waals surface area contributed by atoms with Gasteiger partial charge in [0.05, 0.1) is 0 Å². The summed E-state index contributed by atoms with van der Waals surface area (Å²) in [5.74, 6) is 0.873. The molecule has 5 aliphatic heterocycles. The fraction of sp³-hybridized carbons (Fsp3) is 1.00. The van der Waals surface area contributed by atoms with Gasteiger partial charge in [-0.2, -0.15) is 0 Å². The van der Waals surface area contributed by atoms with E-state index in [2.05, 4.69) is 77.9 Å². The van der Waals surface area contributed by atoms with Crippen LogP contribution in [0.5, 0.6) is 0 Å². The summed E-state index contributed by atoms with van der Waals surface area (Å²) in [4.78, 5) is 16.6. The first kappa shape index (κ1) is 33.1. The topological polar surface area (TPSA) is 19.4 Å². The van der Waals surface area contributed by atoms with Gasteiger partial charge in [-0.15, -0.1) is 0 Å². The number of nitrogens with zero attached hydrogens (tertiary/aromatic N) is 6. The van der Waals surface area contributed by atoms with Crippen LogP contribution in [0.4, 0.5) is 0 Å². The maximum absolute atomic E-state index is 2.85. The standard InChI is InChI=1S/C36H70N6/c1-30(2)39-19-14-36(15-20-39)28-38(29-36)27-35(7)12-17-41(18-13-35)32(5)10-11-33(6)42-16-8-9-34(26-42)25-37-21-23-40(24-22-37)31(3)4/h30-34H,8-29H2,1-7H3. The van der Waals surface area contributed by atoms with Crippen LogP contribution in [0.15, 0.2) is 0 Å². The van der Waals surface area contributed by atoms with Gasteiger partial charge in [-0.25, -0.2) is 0 Å². The first-order valence-electron chi connectivity index (χ1n) is 18.4. The third-order valence-electron chi connectivity index (χ3n) is 12.8. The molecular formula is C36H70N6. The Morgan fingerprint density at radius 3 is 1.74 bits per heavy atom. The number of hydrogen-bond acceptors (Lipinski definition) is 6. The van der Waals surface area contributed by atoms with Crippen LogP contribution in [-0.2, 0) is 0 Å². The lowest BCUT2D eigenvalue weighted by molar-refractivity contribution is -0.0753. The molecule has 1 spiro atoms. The molecule has 6 nitrogen and oxygen atoms in total. The van der Waals surface area contributed by atoms with Crippen LogP contribution in [0.1, 0.15) is 99.8 Å². The summed E-state index contributed by atoms with van der Waals surface area (Å²) >= 11 is 0. The SMILES string of the molecule is CC(C)N1CCN(CC2CCCN(C(C)CCC(C)N3CCC(C)(CN4CC5(CCN(C(C)C)CC5)C4)CC3)C2)CC1. The molecule has 0 amide bonds. The molecule has 0 radical (unpaired) electrons. The van der Waals surface area contributed by atoms with Crippen molar-refractivity contribution in [2.45, 2.75) is 124 Å². The van der Waals surface area contributed by atoms with Crippen molar-refractivity contribution in [3.8, 4) is 0 Å². The summed E-state index contributed by atoms with van der Waals surface area (Å²) in [5.41, 5.74) is 1.18. The van der Waals surface area contributed by atoms with Crippen molar-refractivity contribution in [1.82, 2.24) is 29.4 Å². The van der Waals surface area contributed by atoms with E-state index in [0.29, 0.717) is 16.9 Å². The summed E-state index contributed by atoms with van der Waals surface area (Å²) in [6.07, 6.45) is 11.2. The van der Waals surface area contributed by atoms with Crippen molar-refractivity contribution in [3.05, 3.63) is 0 Å². The molecule has 0 saturated carbocycles. The molecule has 0 N–H and O–H groups in total. The predicted molar refractivity (Wildman–Crippen MR) is 179 cm³/mol. The summed E-state index contributed by atoms with van der Waals surface area (Å²) in [6, 6.07) is 2.88. The molecule has 0 aliphatic carbocycles. The highest BCUT2D eigenvalue weighted by Crippen LogP contribution is 2.43. The highest BCUT2D eigenvalue weighted by molar-refractivity contribution is 5.01. The fourth-order valence-electron chi connectivity index (χ4n) is 9.37. The normalized spacial score (nSPS) is 30.6. The van der Waals surface area contributed by atoms with E-state index >= 15 is 0 Å². The molecule has 5 heterocycles. The Bertz CT molecular complexity index is 798. The zero-order chi connectivity index (χ0) is 29.9. The van der Waals surface area contributed by atoms with Crippen LogP contribution >= 0.6 is 0 Å².